The van der Waals surface area contributed by atoms with Crippen molar-refractivity contribution in [2.24, 2.45) is 0 Å². The highest BCUT2D eigenvalue weighted by Gasteiger charge is 2.10. The van der Waals surface area contributed by atoms with Gasteiger partial charge in [-0.1, -0.05) is 79.9 Å². The summed E-state index contributed by atoms with van der Waals surface area (Å²) in [5.41, 5.74) is 4.25. The molecule has 3 rings (SSSR count). The fourth-order valence-electron chi connectivity index (χ4n) is 3.27. The van der Waals surface area contributed by atoms with Gasteiger partial charge >= 0.3 is 0 Å². The lowest BCUT2D eigenvalue weighted by Crippen LogP contribution is -2.10. The predicted molar refractivity (Wildman–Crippen MR) is 134 cm³/mol. The predicted octanol–water partition coefficient (Wildman–Crippen LogP) is 6.61. The van der Waals surface area contributed by atoms with Crippen LogP contribution in [0.15, 0.2) is 116 Å². The summed E-state index contributed by atoms with van der Waals surface area (Å²) in [7, 11) is 0. The molecular formula is C29H28O4. The van der Waals surface area contributed by atoms with Crippen LogP contribution in [0.4, 0.5) is 0 Å². The molecule has 0 unspecified atom stereocenters. The lowest BCUT2D eigenvalue weighted by Gasteiger charge is -2.16. The molecule has 0 saturated carbocycles. The zero-order valence-corrected chi connectivity index (χ0v) is 18.6. The molecule has 0 heterocycles. The van der Waals surface area contributed by atoms with Crippen molar-refractivity contribution in [3.8, 4) is 5.75 Å². The summed E-state index contributed by atoms with van der Waals surface area (Å²) in [4.78, 5) is 12.1. The molecule has 33 heavy (non-hydrogen) atoms. The number of hydrogen-bond acceptors (Lipinski definition) is 4. The number of rotatable bonds is 11. The van der Waals surface area contributed by atoms with Crippen molar-refractivity contribution in [2.75, 3.05) is 13.2 Å². The van der Waals surface area contributed by atoms with E-state index in [4.69, 9.17) is 9.47 Å². The standard InChI is InChI=1S/C29H28O4/c1-3-4-8-22(2)23-11-15-28(16-12-23)32-20-26(30)19-27(31)21-33-29-17-13-25(14-18-29)24-9-6-5-7-10-24/h3-13,15-17,19,31H,1-2,14,18,20-21H2/b8-4-,27-19?. The Morgan fingerprint density at radius 2 is 1.73 bits per heavy atom. The lowest BCUT2D eigenvalue weighted by atomic mass is 9.97. The molecule has 2 aromatic rings. The van der Waals surface area contributed by atoms with Crippen molar-refractivity contribution in [2.45, 2.75) is 12.8 Å². The average molecular weight is 441 g/mol. The molecule has 0 aromatic heterocycles. The van der Waals surface area contributed by atoms with Crippen molar-refractivity contribution in [3.05, 3.63) is 127 Å². The molecule has 0 aliphatic heterocycles. The van der Waals surface area contributed by atoms with Gasteiger partial charge in [0.2, 0.25) is 0 Å². The second-order valence-corrected chi connectivity index (χ2v) is 7.51. The number of hydrogen-bond donors (Lipinski definition) is 1. The SMILES string of the molecule is C=C/C=C\C(=C)c1ccc(OCC(=O)C=C(O)COC2=CC=C(c3ccccc3)CC2)cc1. The van der Waals surface area contributed by atoms with Gasteiger partial charge in [-0.2, -0.15) is 0 Å². The molecule has 2 aromatic carbocycles. The third-order valence-corrected chi connectivity index (χ3v) is 5.03. The monoisotopic (exact) mass is 440 g/mol. The summed E-state index contributed by atoms with van der Waals surface area (Å²) in [6, 6.07) is 17.5. The molecule has 1 aliphatic rings. The number of benzene rings is 2. The van der Waals surface area contributed by atoms with Gasteiger partial charge in [0.1, 0.15) is 18.1 Å². The molecule has 1 N–H and O–H groups in total. The van der Waals surface area contributed by atoms with Crippen molar-refractivity contribution in [1.29, 1.82) is 0 Å². The molecular weight excluding hydrogens is 412 g/mol. The molecule has 4 nitrogen and oxygen atoms in total. The van der Waals surface area contributed by atoms with Gasteiger partial charge in [-0.05, 0) is 46.9 Å². The number of ketones is 1. The van der Waals surface area contributed by atoms with Gasteiger partial charge in [-0.3, -0.25) is 4.79 Å². The van der Waals surface area contributed by atoms with Crippen LogP contribution >= 0.6 is 0 Å². The second-order valence-electron chi connectivity index (χ2n) is 7.51. The first-order chi connectivity index (χ1) is 16.0. The Labute approximate surface area is 195 Å². The number of aliphatic hydroxyl groups is 1. The number of carbonyl (C=O) groups excluding carboxylic acids is 1. The average Bonchev–Trinajstić information content (AvgIpc) is 2.86. The van der Waals surface area contributed by atoms with Crippen LogP contribution in [0.1, 0.15) is 24.0 Å². The van der Waals surface area contributed by atoms with Gasteiger partial charge in [0, 0.05) is 12.5 Å². The molecule has 168 valence electrons. The maximum atomic E-state index is 12.1. The molecule has 0 spiro atoms. The topological polar surface area (TPSA) is 55.8 Å². The van der Waals surface area contributed by atoms with Crippen LogP contribution in [0.2, 0.25) is 0 Å². The maximum absolute atomic E-state index is 12.1. The number of aliphatic hydroxyl groups excluding tert-OH is 1. The molecule has 0 radical (unpaired) electrons. The zero-order chi connectivity index (χ0) is 23.5. The van der Waals surface area contributed by atoms with Gasteiger partial charge in [0.25, 0.3) is 0 Å². The van der Waals surface area contributed by atoms with Gasteiger partial charge in [0.05, 0.1) is 5.76 Å². The van der Waals surface area contributed by atoms with Crippen LogP contribution in [0.5, 0.6) is 5.75 Å². The van der Waals surface area contributed by atoms with E-state index < -0.39 is 0 Å². The number of allylic oxidation sites excluding steroid dienone is 8. The fourth-order valence-corrected chi connectivity index (χ4v) is 3.27. The Hall–Kier alpha value is -4.05. The van der Waals surface area contributed by atoms with Gasteiger partial charge in [0.15, 0.2) is 12.4 Å². The largest absolute Gasteiger partial charge is 0.509 e. The minimum atomic E-state index is -0.345. The second kappa shape index (κ2) is 12.1. The highest BCUT2D eigenvalue weighted by molar-refractivity contribution is 5.91. The minimum Gasteiger partial charge on any atom is -0.509 e. The Balaban J connectivity index is 1.44. The quantitative estimate of drug-likeness (QED) is 0.243. The third-order valence-electron chi connectivity index (χ3n) is 5.03. The van der Waals surface area contributed by atoms with Gasteiger partial charge in [-0.25, -0.2) is 0 Å². The van der Waals surface area contributed by atoms with Crippen LogP contribution in [-0.4, -0.2) is 24.1 Å². The smallest absolute Gasteiger partial charge is 0.196 e. The van der Waals surface area contributed by atoms with E-state index in [0.29, 0.717) is 5.75 Å². The van der Waals surface area contributed by atoms with Crippen molar-refractivity contribution in [1.82, 2.24) is 0 Å². The van der Waals surface area contributed by atoms with Gasteiger partial charge in [-0.15, -0.1) is 0 Å². The van der Waals surface area contributed by atoms with Crippen molar-refractivity contribution < 1.29 is 19.4 Å². The highest BCUT2D eigenvalue weighted by Crippen LogP contribution is 2.27. The molecule has 0 amide bonds. The summed E-state index contributed by atoms with van der Waals surface area (Å²) in [5, 5.41) is 10.0. The number of ether oxygens (including phenoxy) is 2. The van der Waals surface area contributed by atoms with Crippen LogP contribution in [0.25, 0.3) is 11.1 Å². The summed E-state index contributed by atoms with van der Waals surface area (Å²) < 4.78 is 11.1. The van der Waals surface area contributed by atoms with E-state index in [1.165, 1.54) is 11.1 Å². The van der Waals surface area contributed by atoms with E-state index in [0.717, 1.165) is 35.8 Å². The van der Waals surface area contributed by atoms with Gasteiger partial charge < -0.3 is 14.6 Å². The van der Waals surface area contributed by atoms with Crippen LogP contribution < -0.4 is 4.74 Å². The lowest BCUT2D eigenvalue weighted by molar-refractivity contribution is -0.116. The van der Waals surface area contributed by atoms with Crippen molar-refractivity contribution >= 4 is 16.9 Å². The molecule has 4 heteroatoms. The molecule has 1 aliphatic carbocycles. The van der Waals surface area contributed by atoms with E-state index in [9.17, 15) is 9.90 Å². The minimum absolute atomic E-state index is 0.0544. The fraction of sp³-hybridized carbons (Fsp3) is 0.138. The van der Waals surface area contributed by atoms with E-state index in [-0.39, 0.29) is 24.8 Å². The van der Waals surface area contributed by atoms with E-state index >= 15 is 0 Å². The van der Waals surface area contributed by atoms with Crippen molar-refractivity contribution in [3.63, 3.8) is 0 Å². The molecule has 0 atom stereocenters. The number of carbonyl (C=O) groups is 1. The zero-order valence-electron chi connectivity index (χ0n) is 18.6. The summed E-state index contributed by atoms with van der Waals surface area (Å²) >= 11 is 0. The summed E-state index contributed by atoms with van der Waals surface area (Å²) in [6.07, 6.45) is 12.1. The first-order valence-corrected chi connectivity index (χ1v) is 10.8. The van der Waals surface area contributed by atoms with Crippen LogP contribution in [0.3, 0.4) is 0 Å². The normalized spacial score (nSPS) is 13.8. The first kappa shape index (κ1) is 23.6. The Morgan fingerprint density at radius 1 is 0.970 bits per heavy atom. The van der Waals surface area contributed by atoms with E-state index in [1.807, 2.05) is 54.6 Å². The molecule has 0 fully saturated rings. The Bertz CT molecular complexity index is 1100. The van der Waals surface area contributed by atoms with E-state index in [1.54, 1.807) is 18.2 Å². The van der Waals surface area contributed by atoms with Crippen LogP contribution in [0, 0.1) is 0 Å². The Kier molecular flexibility index (Phi) is 8.66. The third kappa shape index (κ3) is 7.54. The maximum Gasteiger partial charge on any atom is 0.196 e. The highest BCUT2D eigenvalue weighted by atomic mass is 16.5. The first-order valence-electron chi connectivity index (χ1n) is 10.8. The summed E-state index contributed by atoms with van der Waals surface area (Å²) in [5.74, 6) is 0.860. The molecule has 0 saturated heterocycles. The molecule has 0 bridgehead atoms. The van der Waals surface area contributed by atoms with E-state index in [2.05, 4.69) is 25.3 Å². The van der Waals surface area contributed by atoms with Crippen LogP contribution in [-0.2, 0) is 9.53 Å². The Morgan fingerprint density at radius 3 is 2.39 bits per heavy atom. The summed E-state index contributed by atoms with van der Waals surface area (Å²) in [6.45, 7) is 7.39.